The van der Waals surface area contributed by atoms with E-state index in [2.05, 4.69) is 29.0 Å². The smallest absolute Gasteiger partial charge is 0.262 e. The fourth-order valence-corrected chi connectivity index (χ4v) is 2.61. The lowest BCUT2D eigenvalue weighted by Gasteiger charge is -2.08. The van der Waals surface area contributed by atoms with Crippen molar-refractivity contribution in [1.29, 1.82) is 0 Å². The van der Waals surface area contributed by atoms with Gasteiger partial charge in [-0.25, -0.2) is 0 Å². The summed E-state index contributed by atoms with van der Waals surface area (Å²) in [4.78, 5) is 8.80. The molecule has 5 nitrogen and oxygen atoms in total. The Kier molecular flexibility index (Phi) is 4.89. The van der Waals surface area contributed by atoms with Gasteiger partial charge in [0.15, 0.2) is 0 Å². The van der Waals surface area contributed by atoms with Crippen molar-refractivity contribution in [3.05, 3.63) is 48.3 Å². The third kappa shape index (κ3) is 3.45. The SMILES string of the molecule is CCOc1ccccc1-c1nc(-c2ccncc2CC(C)C)no1. The molecule has 0 saturated carbocycles. The average molecular weight is 323 g/mol. The molecule has 0 aliphatic rings. The van der Waals surface area contributed by atoms with Gasteiger partial charge < -0.3 is 9.26 Å². The lowest BCUT2D eigenvalue weighted by atomic mass is 10.00. The Balaban J connectivity index is 1.98. The summed E-state index contributed by atoms with van der Waals surface area (Å²) in [6.07, 6.45) is 4.55. The van der Waals surface area contributed by atoms with Crippen molar-refractivity contribution in [1.82, 2.24) is 15.1 Å². The van der Waals surface area contributed by atoms with Crippen molar-refractivity contribution in [3.63, 3.8) is 0 Å². The van der Waals surface area contributed by atoms with E-state index in [1.807, 2.05) is 43.5 Å². The van der Waals surface area contributed by atoms with E-state index in [1.54, 1.807) is 6.20 Å². The second-order valence-corrected chi connectivity index (χ2v) is 5.98. The molecule has 3 aromatic rings. The molecule has 0 saturated heterocycles. The first-order chi connectivity index (χ1) is 11.7. The summed E-state index contributed by atoms with van der Waals surface area (Å²) in [6.45, 7) is 6.89. The van der Waals surface area contributed by atoms with Crippen molar-refractivity contribution in [2.75, 3.05) is 6.61 Å². The van der Waals surface area contributed by atoms with Crippen molar-refractivity contribution in [3.8, 4) is 28.6 Å². The Bertz CT molecular complexity index is 812. The van der Waals surface area contributed by atoms with Gasteiger partial charge in [-0.3, -0.25) is 4.98 Å². The molecule has 0 unspecified atom stereocenters. The van der Waals surface area contributed by atoms with Gasteiger partial charge in [0, 0.05) is 18.0 Å². The normalized spacial score (nSPS) is 11.0. The van der Waals surface area contributed by atoms with Crippen LogP contribution in [0.2, 0.25) is 0 Å². The number of hydrogen-bond acceptors (Lipinski definition) is 5. The van der Waals surface area contributed by atoms with Gasteiger partial charge in [-0.15, -0.1) is 0 Å². The van der Waals surface area contributed by atoms with Crippen LogP contribution in [0.5, 0.6) is 5.75 Å². The molecule has 0 N–H and O–H groups in total. The molecule has 2 aromatic heterocycles. The second-order valence-electron chi connectivity index (χ2n) is 5.98. The minimum atomic E-state index is 0.460. The predicted octanol–water partition coefficient (Wildman–Crippen LogP) is 4.40. The summed E-state index contributed by atoms with van der Waals surface area (Å²) in [5.41, 5.74) is 2.89. The maximum atomic E-state index is 5.64. The van der Waals surface area contributed by atoms with E-state index in [0.29, 0.717) is 24.2 Å². The van der Waals surface area contributed by atoms with E-state index in [4.69, 9.17) is 9.26 Å². The molecule has 124 valence electrons. The van der Waals surface area contributed by atoms with Crippen LogP contribution in [0, 0.1) is 5.92 Å². The van der Waals surface area contributed by atoms with Crippen LogP contribution in [-0.4, -0.2) is 21.7 Å². The quantitative estimate of drug-likeness (QED) is 0.673. The number of benzene rings is 1. The summed E-state index contributed by atoms with van der Waals surface area (Å²) in [6, 6.07) is 9.61. The number of pyridine rings is 1. The number of para-hydroxylation sites is 1. The molecule has 2 heterocycles. The zero-order valence-electron chi connectivity index (χ0n) is 14.2. The van der Waals surface area contributed by atoms with E-state index < -0.39 is 0 Å². The van der Waals surface area contributed by atoms with Gasteiger partial charge in [0.2, 0.25) is 5.82 Å². The van der Waals surface area contributed by atoms with Crippen molar-refractivity contribution in [2.24, 2.45) is 5.92 Å². The van der Waals surface area contributed by atoms with Gasteiger partial charge in [-0.05, 0) is 43.0 Å². The van der Waals surface area contributed by atoms with Crippen LogP contribution < -0.4 is 4.74 Å². The molecular formula is C19H21N3O2. The fraction of sp³-hybridized carbons (Fsp3) is 0.316. The molecule has 0 radical (unpaired) electrons. The van der Waals surface area contributed by atoms with Crippen LogP contribution in [0.3, 0.4) is 0 Å². The Morgan fingerprint density at radius 1 is 1.12 bits per heavy atom. The number of aromatic nitrogens is 3. The molecule has 3 rings (SSSR count). The standard InChI is InChI=1S/C19H21N3O2/c1-4-23-17-8-6-5-7-16(17)19-21-18(22-24-19)15-9-10-20-12-14(15)11-13(2)3/h5-10,12-13H,4,11H2,1-3H3. The van der Waals surface area contributed by atoms with E-state index in [9.17, 15) is 0 Å². The number of rotatable bonds is 6. The summed E-state index contributed by atoms with van der Waals surface area (Å²) in [5, 5.41) is 4.16. The summed E-state index contributed by atoms with van der Waals surface area (Å²) in [7, 11) is 0. The lowest BCUT2D eigenvalue weighted by Crippen LogP contribution is -1.98. The van der Waals surface area contributed by atoms with Crippen LogP contribution in [0.15, 0.2) is 47.2 Å². The van der Waals surface area contributed by atoms with Crippen LogP contribution in [-0.2, 0) is 6.42 Å². The third-order valence-electron chi connectivity index (χ3n) is 3.62. The van der Waals surface area contributed by atoms with Crippen LogP contribution in [0.1, 0.15) is 26.3 Å². The Morgan fingerprint density at radius 2 is 1.96 bits per heavy atom. The Hall–Kier alpha value is -2.69. The summed E-state index contributed by atoms with van der Waals surface area (Å²) >= 11 is 0. The highest BCUT2D eigenvalue weighted by Gasteiger charge is 2.17. The minimum Gasteiger partial charge on any atom is -0.493 e. The Morgan fingerprint density at radius 3 is 2.75 bits per heavy atom. The first-order valence-electron chi connectivity index (χ1n) is 8.18. The van der Waals surface area contributed by atoms with Crippen LogP contribution in [0.4, 0.5) is 0 Å². The predicted molar refractivity (Wildman–Crippen MR) is 92.7 cm³/mol. The monoisotopic (exact) mass is 323 g/mol. The van der Waals surface area contributed by atoms with Crippen molar-refractivity contribution < 1.29 is 9.26 Å². The average Bonchev–Trinajstić information content (AvgIpc) is 3.05. The van der Waals surface area contributed by atoms with Gasteiger partial charge in [0.05, 0.1) is 12.2 Å². The van der Waals surface area contributed by atoms with E-state index in [1.165, 1.54) is 0 Å². The summed E-state index contributed by atoms with van der Waals surface area (Å²) in [5.74, 6) is 2.31. The van der Waals surface area contributed by atoms with E-state index in [0.717, 1.165) is 28.9 Å². The molecule has 24 heavy (non-hydrogen) atoms. The fourth-order valence-electron chi connectivity index (χ4n) is 2.61. The molecular weight excluding hydrogens is 302 g/mol. The first kappa shape index (κ1) is 16.2. The maximum Gasteiger partial charge on any atom is 0.262 e. The highest BCUT2D eigenvalue weighted by Crippen LogP contribution is 2.31. The van der Waals surface area contributed by atoms with Crippen LogP contribution in [0.25, 0.3) is 22.8 Å². The molecule has 0 aliphatic carbocycles. The highest BCUT2D eigenvalue weighted by molar-refractivity contribution is 5.66. The second kappa shape index (κ2) is 7.25. The number of nitrogens with zero attached hydrogens (tertiary/aromatic N) is 3. The van der Waals surface area contributed by atoms with E-state index >= 15 is 0 Å². The lowest BCUT2D eigenvalue weighted by molar-refractivity contribution is 0.339. The first-order valence-corrected chi connectivity index (χ1v) is 8.18. The maximum absolute atomic E-state index is 5.64. The molecule has 0 aliphatic heterocycles. The molecule has 0 bridgehead atoms. The van der Waals surface area contributed by atoms with Gasteiger partial charge in [0.1, 0.15) is 5.75 Å². The Labute approximate surface area is 141 Å². The molecule has 0 amide bonds. The summed E-state index contributed by atoms with van der Waals surface area (Å²) < 4.78 is 11.1. The zero-order chi connectivity index (χ0) is 16.9. The van der Waals surface area contributed by atoms with Crippen molar-refractivity contribution >= 4 is 0 Å². The zero-order valence-corrected chi connectivity index (χ0v) is 14.2. The third-order valence-corrected chi connectivity index (χ3v) is 3.62. The largest absolute Gasteiger partial charge is 0.493 e. The molecule has 0 fully saturated rings. The molecule has 1 aromatic carbocycles. The van der Waals surface area contributed by atoms with Gasteiger partial charge >= 0.3 is 0 Å². The topological polar surface area (TPSA) is 61.0 Å². The van der Waals surface area contributed by atoms with Gasteiger partial charge in [-0.2, -0.15) is 4.98 Å². The number of hydrogen-bond donors (Lipinski definition) is 0. The highest BCUT2D eigenvalue weighted by atomic mass is 16.5. The van der Waals surface area contributed by atoms with Gasteiger partial charge in [-0.1, -0.05) is 31.1 Å². The van der Waals surface area contributed by atoms with Crippen LogP contribution >= 0.6 is 0 Å². The van der Waals surface area contributed by atoms with E-state index in [-0.39, 0.29) is 0 Å². The molecule has 0 spiro atoms. The molecule has 0 atom stereocenters. The number of ether oxygens (including phenoxy) is 1. The molecule has 5 heteroatoms. The van der Waals surface area contributed by atoms with Gasteiger partial charge in [0.25, 0.3) is 5.89 Å². The minimum absolute atomic E-state index is 0.460. The van der Waals surface area contributed by atoms with Crippen molar-refractivity contribution in [2.45, 2.75) is 27.2 Å².